The molecular weight excluding hydrogens is 184 g/mol. The van der Waals surface area contributed by atoms with Gasteiger partial charge in [0.2, 0.25) is 0 Å². The first-order valence-electron chi connectivity index (χ1n) is 4.07. The van der Waals surface area contributed by atoms with Crippen LogP contribution in [0.1, 0.15) is 17.3 Å². The van der Waals surface area contributed by atoms with Crippen molar-refractivity contribution in [2.24, 2.45) is 0 Å². The first kappa shape index (κ1) is 10.1. The lowest BCUT2D eigenvalue weighted by Gasteiger charge is -2.06. The van der Waals surface area contributed by atoms with Crippen molar-refractivity contribution < 1.29 is 9.53 Å². The van der Waals surface area contributed by atoms with Gasteiger partial charge < -0.3 is 4.74 Å². The van der Waals surface area contributed by atoms with Crippen LogP contribution in [0.15, 0.2) is 23.1 Å². The molecule has 0 unspecified atom stereocenters. The van der Waals surface area contributed by atoms with Gasteiger partial charge >= 0.3 is 0 Å². The molecule has 0 amide bonds. The van der Waals surface area contributed by atoms with Crippen LogP contribution in [0.3, 0.4) is 0 Å². The van der Waals surface area contributed by atoms with Gasteiger partial charge in [0.25, 0.3) is 0 Å². The van der Waals surface area contributed by atoms with Crippen molar-refractivity contribution in [3.8, 4) is 5.75 Å². The van der Waals surface area contributed by atoms with Gasteiger partial charge in [0.05, 0.1) is 12.0 Å². The molecule has 2 nitrogen and oxygen atoms in total. The molecule has 0 N–H and O–H groups in total. The molecule has 0 radical (unpaired) electrons. The second-order valence-corrected chi connectivity index (χ2v) is 3.77. The van der Waals surface area contributed by atoms with Crippen molar-refractivity contribution in [1.29, 1.82) is 0 Å². The number of methoxy groups -OCH3 is 1. The van der Waals surface area contributed by atoms with Crippen LogP contribution >= 0.6 is 11.8 Å². The van der Waals surface area contributed by atoms with E-state index in [0.717, 1.165) is 22.7 Å². The maximum absolute atomic E-state index is 10.5. The molecule has 1 aromatic rings. The molecule has 0 aliphatic rings. The summed E-state index contributed by atoms with van der Waals surface area (Å²) in [6.45, 7) is 2.07. The quantitative estimate of drug-likeness (QED) is 0.547. The zero-order chi connectivity index (χ0) is 9.68. The van der Waals surface area contributed by atoms with E-state index in [1.54, 1.807) is 24.9 Å². The molecule has 0 bridgehead atoms. The van der Waals surface area contributed by atoms with E-state index >= 15 is 0 Å². The Morgan fingerprint density at radius 1 is 1.54 bits per heavy atom. The van der Waals surface area contributed by atoms with Gasteiger partial charge in [0.15, 0.2) is 0 Å². The predicted molar refractivity (Wildman–Crippen MR) is 54.8 cm³/mol. The first-order valence-corrected chi connectivity index (χ1v) is 5.06. The minimum atomic E-state index is 0.691. The molecule has 1 aromatic carbocycles. The van der Waals surface area contributed by atoms with E-state index in [1.807, 2.05) is 12.1 Å². The van der Waals surface area contributed by atoms with Crippen LogP contribution in [-0.2, 0) is 0 Å². The largest absolute Gasteiger partial charge is 0.496 e. The predicted octanol–water partition coefficient (Wildman–Crippen LogP) is 2.62. The number of thioether (sulfide) groups is 1. The van der Waals surface area contributed by atoms with Crippen molar-refractivity contribution in [2.45, 2.75) is 11.8 Å². The summed E-state index contributed by atoms with van der Waals surface area (Å²) >= 11 is 1.67. The summed E-state index contributed by atoms with van der Waals surface area (Å²) in [5.41, 5.74) is 0.691. The normalized spacial score (nSPS) is 9.69. The molecule has 70 valence electrons. The van der Waals surface area contributed by atoms with Crippen LogP contribution in [0, 0.1) is 0 Å². The summed E-state index contributed by atoms with van der Waals surface area (Å²) in [6, 6.07) is 5.42. The van der Waals surface area contributed by atoms with E-state index < -0.39 is 0 Å². The van der Waals surface area contributed by atoms with Gasteiger partial charge in [-0.1, -0.05) is 6.92 Å². The van der Waals surface area contributed by atoms with Crippen LogP contribution in [0.2, 0.25) is 0 Å². The van der Waals surface area contributed by atoms with Gasteiger partial charge in [-0.05, 0) is 24.0 Å². The maximum atomic E-state index is 10.5. The van der Waals surface area contributed by atoms with Gasteiger partial charge in [0, 0.05) is 5.56 Å². The molecule has 0 spiro atoms. The average molecular weight is 196 g/mol. The number of ether oxygens (including phenoxy) is 1. The summed E-state index contributed by atoms with van der Waals surface area (Å²) in [6.07, 6.45) is 0.846. The van der Waals surface area contributed by atoms with Crippen molar-refractivity contribution >= 4 is 18.0 Å². The number of hydrogen-bond donors (Lipinski definition) is 0. The molecule has 13 heavy (non-hydrogen) atoms. The zero-order valence-corrected chi connectivity index (χ0v) is 8.56. The lowest BCUT2D eigenvalue weighted by atomic mass is 10.2. The van der Waals surface area contributed by atoms with Crippen LogP contribution in [-0.4, -0.2) is 19.1 Å². The van der Waals surface area contributed by atoms with Crippen molar-refractivity contribution in [3.05, 3.63) is 23.8 Å². The SMILES string of the molecule is CCSc1cc(C=O)ccc1OC. The Bertz CT molecular complexity index is 297. The second kappa shape index (κ2) is 4.92. The number of benzene rings is 1. The highest BCUT2D eigenvalue weighted by atomic mass is 32.2. The van der Waals surface area contributed by atoms with Crippen molar-refractivity contribution in [1.82, 2.24) is 0 Å². The highest BCUT2D eigenvalue weighted by molar-refractivity contribution is 7.99. The van der Waals surface area contributed by atoms with E-state index in [9.17, 15) is 4.79 Å². The van der Waals surface area contributed by atoms with Crippen molar-refractivity contribution in [2.75, 3.05) is 12.9 Å². The Balaban J connectivity index is 3.02. The van der Waals surface area contributed by atoms with Gasteiger partial charge in [0.1, 0.15) is 12.0 Å². The number of carbonyl (C=O) groups is 1. The topological polar surface area (TPSA) is 26.3 Å². The number of rotatable bonds is 4. The summed E-state index contributed by atoms with van der Waals surface area (Å²) in [5.74, 6) is 1.80. The molecule has 0 saturated heterocycles. The Kier molecular flexibility index (Phi) is 3.83. The Labute approximate surface area is 82.3 Å². The first-order chi connectivity index (χ1) is 6.31. The molecule has 0 aliphatic carbocycles. The third-order valence-electron chi connectivity index (χ3n) is 1.62. The smallest absolute Gasteiger partial charge is 0.150 e. The van der Waals surface area contributed by atoms with E-state index in [1.165, 1.54) is 0 Å². The van der Waals surface area contributed by atoms with Gasteiger partial charge in [-0.15, -0.1) is 11.8 Å². The van der Waals surface area contributed by atoms with Crippen LogP contribution in [0.5, 0.6) is 5.75 Å². The molecule has 1 rings (SSSR count). The summed E-state index contributed by atoms with van der Waals surface area (Å²) in [5, 5.41) is 0. The highest BCUT2D eigenvalue weighted by Gasteiger charge is 2.03. The van der Waals surface area contributed by atoms with E-state index in [2.05, 4.69) is 6.92 Å². The maximum Gasteiger partial charge on any atom is 0.150 e. The van der Waals surface area contributed by atoms with Crippen molar-refractivity contribution in [3.63, 3.8) is 0 Å². The third kappa shape index (κ3) is 2.49. The average Bonchev–Trinajstić information content (AvgIpc) is 2.18. The lowest BCUT2D eigenvalue weighted by molar-refractivity contribution is 0.112. The fourth-order valence-corrected chi connectivity index (χ4v) is 1.86. The third-order valence-corrected chi connectivity index (χ3v) is 2.54. The van der Waals surface area contributed by atoms with Crippen LogP contribution in [0.25, 0.3) is 0 Å². The van der Waals surface area contributed by atoms with Crippen LogP contribution in [0.4, 0.5) is 0 Å². The standard InChI is InChI=1S/C10H12O2S/c1-3-13-10-6-8(7-11)4-5-9(10)12-2/h4-7H,3H2,1-2H3. The fourth-order valence-electron chi connectivity index (χ4n) is 1.03. The summed E-state index contributed by atoms with van der Waals surface area (Å²) in [7, 11) is 1.63. The van der Waals surface area contributed by atoms with Gasteiger partial charge in [-0.25, -0.2) is 0 Å². The Morgan fingerprint density at radius 3 is 2.85 bits per heavy atom. The van der Waals surface area contributed by atoms with E-state index in [-0.39, 0.29) is 0 Å². The van der Waals surface area contributed by atoms with E-state index in [4.69, 9.17) is 4.74 Å². The molecule has 3 heteroatoms. The highest BCUT2D eigenvalue weighted by Crippen LogP contribution is 2.29. The minimum Gasteiger partial charge on any atom is -0.496 e. The molecule has 0 saturated carbocycles. The minimum absolute atomic E-state index is 0.691. The van der Waals surface area contributed by atoms with Gasteiger partial charge in [-0.3, -0.25) is 4.79 Å². The number of hydrogen-bond acceptors (Lipinski definition) is 3. The Morgan fingerprint density at radius 2 is 2.31 bits per heavy atom. The van der Waals surface area contributed by atoms with Crippen LogP contribution < -0.4 is 4.74 Å². The molecule has 0 heterocycles. The number of aldehydes is 1. The molecular formula is C10H12O2S. The monoisotopic (exact) mass is 196 g/mol. The second-order valence-electron chi connectivity index (χ2n) is 2.46. The number of carbonyl (C=O) groups excluding carboxylic acids is 1. The lowest BCUT2D eigenvalue weighted by Crippen LogP contribution is -1.88. The van der Waals surface area contributed by atoms with E-state index in [0.29, 0.717) is 5.56 Å². The molecule has 0 aromatic heterocycles. The Hall–Kier alpha value is -0.960. The summed E-state index contributed by atoms with van der Waals surface area (Å²) in [4.78, 5) is 11.5. The van der Waals surface area contributed by atoms with Gasteiger partial charge in [-0.2, -0.15) is 0 Å². The molecule has 0 fully saturated rings. The molecule has 0 aliphatic heterocycles. The molecule has 0 atom stereocenters. The summed E-state index contributed by atoms with van der Waals surface area (Å²) < 4.78 is 5.16. The zero-order valence-electron chi connectivity index (χ0n) is 7.74. The fraction of sp³-hybridized carbons (Fsp3) is 0.300.